The van der Waals surface area contributed by atoms with Crippen LogP contribution >= 0.6 is 11.3 Å². The highest BCUT2D eigenvalue weighted by atomic mass is 32.2. The molecule has 1 aromatic heterocycles. The number of rotatable bonds is 4. The van der Waals surface area contributed by atoms with Gasteiger partial charge in [0.05, 0.1) is 4.90 Å². The molecular formula is C16H26N2O3S2. The molecule has 0 unspecified atom stereocenters. The van der Waals surface area contributed by atoms with Gasteiger partial charge < -0.3 is 4.90 Å². The summed E-state index contributed by atoms with van der Waals surface area (Å²) < 4.78 is 27.1. The summed E-state index contributed by atoms with van der Waals surface area (Å²) >= 11 is 1.51. The second-order valence-corrected chi connectivity index (χ2v) is 9.87. The lowest BCUT2D eigenvalue weighted by molar-refractivity contribution is -0.136. The van der Waals surface area contributed by atoms with Crippen molar-refractivity contribution >= 4 is 27.3 Å². The van der Waals surface area contributed by atoms with Gasteiger partial charge in [0.1, 0.15) is 0 Å². The van der Waals surface area contributed by atoms with Crippen LogP contribution in [0, 0.1) is 19.8 Å². The lowest BCUT2D eigenvalue weighted by Gasteiger charge is -2.33. The van der Waals surface area contributed by atoms with E-state index < -0.39 is 10.0 Å². The summed E-state index contributed by atoms with van der Waals surface area (Å²) in [6.07, 6.45) is 1.19. The third-order valence-electron chi connectivity index (χ3n) is 4.54. The Balaban J connectivity index is 2.07. The number of amides is 1. The van der Waals surface area contributed by atoms with Gasteiger partial charge in [-0.1, -0.05) is 0 Å². The Morgan fingerprint density at radius 1 is 1.30 bits per heavy atom. The molecular weight excluding hydrogens is 332 g/mol. The normalized spacial score (nSPS) is 17.7. The second kappa shape index (κ2) is 6.91. The number of hydrogen-bond donors (Lipinski definition) is 0. The molecule has 0 bridgehead atoms. The fourth-order valence-corrected chi connectivity index (χ4v) is 5.88. The third-order valence-corrected chi connectivity index (χ3v) is 7.66. The van der Waals surface area contributed by atoms with Crippen LogP contribution in [0.2, 0.25) is 0 Å². The molecule has 0 aliphatic carbocycles. The summed E-state index contributed by atoms with van der Waals surface area (Å²) in [7, 11) is -1.63. The zero-order valence-electron chi connectivity index (χ0n) is 14.5. The van der Waals surface area contributed by atoms with Gasteiger partial charge in [-0.25, -0.2) is 8.42 Å². The van der Waals surface area contributed by atoms with Gasteiger partial charge in [0.2, 0.25) is 15.9 Å². The minimum Gasteiger partial charge on any atom is -0.343 e. The van der Waals surface area contributed by atoms with Gasteiger partial charge in [0, 0.05) is 41.9 Å². The predicted octanol–water partition coefficient (Wildman–Crippen LogP) is 2.63. The van der Waals surface area contributed by atoms with E-state index in [1.807, 2.05) is 34.7 Å². The van der Waals surface area contributed by atoms with Crippen molar-refractivity contribution in [1.82, 2.24) is 9.21 Å². The molecule has 1 saturated heterocycles. The van der Waals surface area contributed by atoms with Crippen molar-refractivity contribution in [3.63, 3.8) is 0 Å². The van der Waals surface area contributed by atoms with Crippen molar-refractivity contribution in [3.05, 3.63) is 15.8 Å². The minimum atomic E-state index is -3.44. The Kier molecular flexibility index (Phi) is 5.53. The Labute approximate surface area is 143 Å². The van der Waals surface area contributed by atoms with E-state index in [0.29, 0.717) is 30.8 Å². The Morgan fingerprint density at radius 3 is 2.30 bits per heavy atom. The topological polar surface area (TPSA) is 57.7 Å². The molecule has 0 spiro atoms. The van der Waals surface area contributed by atoms with Gasteiger partial charge >= 0.3 is 0 Å². The van der Waals surface area contributed by atoms with Crippen LogP contribution in [-0.2, 0) is 14.8 Å². The monoisotopic (exact) mass is 358 g/mol. The third kappa shape index (κ3) is 3.78. The molecule has 1 aromatic rings. The summed E-state index contributed by atoms with van der Waals surface area (Å²) in [5.41, 5.74) is 0. The number of sulfonamides is 1. The van der Waals surface area contributed by atoms with E-state index in [4.69, 9.17) is 0 Å². The molecule has 2 heterocycles. The van der Waals surface area contributed by atoms with Crippen molar-refractivity contribution in [1.29, 1.82) is 0 Å². The Morgan fingerprint density at radius 2 is 1.87 bits per heavy atom. The average Bonchev–Trinajstić information content (AvgIpc) is 2.85. The summed E-state index contributed by atoms with van der Waals surface area (Å²) in [4.78, 5) is 16.4. The first-order chi connectivity index (χ1) is 10.6. The first-order valence-electron chi connectivity index (χ1n) is 7.98. The van der Waals surface area contributed by atoms with Crippen LogP contribution in [0.15, 0.2) is 11.0 Å². The Hall–Kier alpha value is -0.920. The number of thiophene rings is 1. The van der Waals surface area contributed by atoms with Crippen LogP contribution in [0.4, 0.5) is 0 Å². The van der Waals surface area contributed by atoms with E-state index in [1.54, 1.807) is 11.0 Å². The van der Waals surface area contributed by atoms with Gasteiger partial charge in [-0.2, -0.15) is 4.31 Å². The minimum absolute atomic E-state index is 0.0702. The maximum absolute atomic E-state index is 12.8. The predicted molar refractivity (Wildman–Crippen MR) is 93.2 cm³/mol. The van der Waals surface area contributed by atoms with Crippen LogP contribution in [0.3, 0.4) is 0 Å². The van der Waals surface area contributed by atoms with E-state index in [9.17, 15) is 13.2 Å². The average molecular weight is 359 g/mol. The molecule has 2 rings (SSSR count). The number of carbonyl (C=O) groups excluding carboxylic acids is 1. The number of piperidine rings is 1. The molecule has 5 nitrogen and oxygen atoms in total. The molecule has 1 amide bonds. The molecule has 0 aromatic carbocycles. The number of carbonyl (C=O) groups is 1. The zero-order chi connectivity index (χ0) is 17.4. The molecule has 0 saturated carbocycles. The van der Waals surface area contributed by atoms with Crippen LogP contribution in [0.5, 0.6) is 0 Å². The van der Waals surface area contributed by atoms with E-state index in [0.717, 1.165) is 9.75 Å². The van der Waals surface area contributed by atoms with Gasteiger partial charge in [-0.05, 0) is 46.6 Å². The molecule has 1 aliphatic rings. The molecule has 7 heteroatoms. The van der Waals surface area contributed by atoms with Crippen molar-refractivity contribution in [2.45, 2.75) is 51.5 Å². The first-order valence-corrected chi connectivity index (χ1v) is 10.2. The molecule has 1 fully saturated rings. The van der Waals surface area contributed by atoms with Crippen LogP contribution < -0.4 is 0 Å². The largest absolute Gasteiger partial charge is 0.343 e. The number of nitrogens with zero attached hydrogens (tertiary/aromatic N) is 2. The van der Waals surface area contributed by atoms with E-state index >= 15 is 0 Å². The molecule has 130 valence electrons. The number of aryl methyl sites for hydroxylation is 2. The van der Waals surface area contributed by atoms with E-state index in [2.05, 4.69) is 0 Å². The summed E-state index contributed by atoms with van der Waals surface area (Å²) in [6, 6.07) is 1.92. The highest BCUT2D eigenvalue weighted by Gasteiger charge is 2.34. The van der Waals surface area contributed by atoms with Gasteiger partial charge in [0.15, 0.2) is 0 Å². The lowest BCUT2D eigenvalue weighted by Crippen LogP contribution is -2.45. The van der Waals surface area contributed by atoms with Crippen molar-refractivity contribution < 1.29 is 13.2 Å². The maximum atomic E-state index is 12.8. The SMILES string of the molecule is Cc1cc(S(=O)(=O)N2CCC(C(=O)N(C)C(C)C)CC2)c(C)s1. The van der Waals surface area contributed by atoms with Gasteiger partial charge in [-0.3, -0.25) is 4.79 Å². The quantitative estimate of drug-likeness (QED) is 0.831. The molecule has 0 N–H and O–H groups in total. The molecule has 0 atom stereocenters. The summed E-state index contributed by atoms with van der Waals surface area (Å²) in [5, 5.41) is 0. The first kappa shape index (κ1) is 18.4. The number of hydrogen-bond acceptors (Lipinski definition) is 4. The van der Waals surface area contributed by atoms with Crippen LogP contribution in [0.1, 0.15) is 36.4 Å². The molecule has 23 heavy (non-hydrogen) atoms. The molecule has 1 aliphatic heterocycles. The fraction of sp³-hybridized carbons (Fsp3) is 0.688. The maximum Gasteiger partial charge on any atom is 0.244 e. The standard InChI is InChI=1S/C16H26N2O3S2/c1-11(2)17(5)16(19)14-6-8-18(9-7-14)23(20,21)15-10-12(3)22-13(15)4/h10-11,14H,6-9H2,1-5H3. The summed E-state index contributed by atoms with van der Waals surface area (Å²) in [6.45, 7) is 8.57. The van der Waals surface area contributed by atoms with E-state index in [-0.39, 0.29) is 17.9 Å². The second-order valence-electron chi connectivity index (χ2n) is 6.50. The molecule has 0 radical (unpaired) electrons. The fourth-order valence-electron chi connectivity index (χ4n) is 2.89. The zero-order valence-corrected chi connectivity index (χ0v) is 16.1. The van der Waals surface area contributed by atoms with Gasteiger partial charge in [-0.15, -0.1) is 11.3 Å². The van der Waals surface area contributed by atoms with E-state index in [1.165, 1.54) is 15.6 Å². The van der Waals surface area contributed by atoms with Crippen molar-refractivity contribution in [2.24, 2.45) is 5.92 Å². The van der Waals surface area contributed by atoms with Crippen molar-refractivity contribution in [2.75, 3.05) is 20.1 Å². The smallest absolute Gasteiger partial charge is 0.244 e. The van der Waals surface area contributed by atoms with Crippen molar-refractivity contribution in [3.8, 4) is 0 Å². The highest BCUT2D eigenvalue weighted by Crippen LogP contribution is 2.30. The van der Waals surface area contributed by atoms with Crippen LogP contribution in [-0.4, -0.2) is 49.7 Å². The lowest BCUT2D eigenvalue weighted by atomic mass is 9.96. The summed E-state index contributed by atoms with van der Waals surface area (Å²) in [5.74, 6) is 0.0544. The highest BCUT2D eigenvalue weighted by molar-refractivity contribution is 7.89. The van der Waals surface area contributed by atoms with Gasteiger partial charge in [0.25, 0.3) is 0 Å². The Bertz CT molecular complexity index is 671. The van der Waals surface area contributed by atoms with Crippen LogP contribution in [0.25, 0.3) is 0 Å².